The van der Waals surface area contributed by atoms with E-state index >= 15 is 0 Å². The van der Waals surface area contributed by atoms with Crippen molar-refractivity contribution in [1.82, 2.24) is 9.97 Å². The van der Waals surface area contributed by atoms with E-state index in [0.29, 0.717) is 0 Å². The molecule has 0 fully saturated rings. The van der Waals surface area contributed by atoms with Crippen LogP contribution >= 0.6 is 0 Å². The Hall–Kier alpha value is -3.08. The van der Waals surface area contributed by atoms with Crippen molar-refractivity contribution in [2.75, 3.05) is 5.32 Å². The van der Waals surface area contributed by atoms with E-state index < -0.39 is 0 Å². The predicted octanol–water partition coefficient (Wildman–Crippen LogP) is 3.98. The molecular weight excluding hydrogens is 314 g/mol. The zero-order chi connectivity index (χ0) is 16.8. The van der Waals surface area contributed by atoms with Crippen molar-refractivity contribution >= 4 is 33.6 Å². The van der Waals surface area contributed by atoms with E-state index in [1.54, 1.807) is 12.6 Å². The highest BCUT2D eigenvalue weighted by molar-refractivity contribution is 6.01. The van der Waals surface area contributed by atoms with E-state index in [9.17, 15) is 4.79 Å². The Morgan fingerprint density at radius 3 is 3.04 bits per heavy atom. The molecule has 2 aromatic heterocycles. The van der Waals surface area contributed by atoms with E-state index in [4.69, 9.17) is 4.42 Å². The normalized spacial score (nSPS) is 13.4. The molecule has 0 bridgehead atoms. The van der Waals surface area contributed by atoms with Crippen molar-refractivity contribution in [2.24, 2.45) is 0 Å². The smallest absolute Gasteiger partial charge is 0.228 e. The minimum Gasteiger partial charge on any atom is -0.464 e. The fourth-order valence-electron chi connectivity index (χ4n) is 3.72. The quantitative estimate of drug-likeness (QED) is 0.596. The van der Waals surface area contributed by atoms with E-state index in [2.05, 4.69) is 27.4 Å². The van der Waals surface area contributed by atoms with Crippen LogP contribution in [0.2, 0.25) is 0 Å². The highest BCUT2D eigenvalue weighted by atomic mass is 16.3. The summed E-state index contributed by atoms with van der Waals surface area (Å²) in [5.74, 6) is -0.0706. The number of hydrogen-bond acceptors (Lipinski definition) is 3. The van der Waals surface area contributed by atoms with Crippen LogP contribution in [-0.4, -0.2) is 15.9 Å². The number of H-pyrrole nitrogens is 1. The van der Waals surface area contributed by atoms with Crippen molar-refractivity contribution in [3.8, 4) is 0 Å². The van der Waals surface area contributed by atoms with Gasteiger partial charge in [-0.2, -0.15) is 0 Å². The van der Waals surface area contributed by atoms with E-state index in [1.165, 1.54) is 17.5 Å². The Morgan fingerprint density at radius 2 is 2.12 bits per heavy atom. The molecule has 0 spiro atoms. The molecule has 0 saturated carbocycles. The van der Waals surface area contributed by atoms with E-state index in [0.717, 1.165) is 46.1 Å². The molecule has 5 heteroatoms. The SMILES string of the molecule is O=C(Cc1coc2cc3c(cc12)CCC3)Nc1cccc2[nH]cnc12. The third kappa shape index (κ3) is 2.39. The number of amides is 1. The summed E-state index contributed by atoms with van der Waals surface area (Å²) in [5.41, 5.74) is 6.96. The molecule has 0 saturated heterocycles. The number of nitrogens with zero attached hydrogens (tertiary/aromatic N) is 1. The number of furan rings is 1. The van der Waals surface area contributed by atoms with Gasteiger partial charge in [0.15, 0.2) is 0 Å². The number of carbonyl (C=O) groups is 1. The number of rotatable bonds is 3. The molecule has 1 aliphatic rings. The number of aromatic nitrogens is 2. The third-order valence-corrected chi connectivity index (χ3v) is 4.94. The molecule has 2 N–H and O–H groups in total. The third-order valence-electron chi connectivity index (χ3n) is 4.94. The van der Waals surface area contributed by atoms with Gasteiger partial charge in [0.25, 0.3) is 0 Å². The summed E-state index contributed by atoms with van der Waals surface area (Å²) in [6.07, 6.45) is 7.05. The fourth-order valence-corrected chi connectivity index (χ4v) is 3.72. The van der Waals surface area contributed by atoms with Gasteiger partial charge in [0.1, 0.15) is 11.1 Å². The van der Waals surface area contributed by atoms with Crippen LogP contribution in [0.1, 0.15) is 23.1 Å². The lowest BCUT2D eigenvalue weighted by Gasteiger charge is -2.05. The molecular formula is C20H17N3O2. The molecule has 1 aliphatic carbocycles. The van der Waals surface area contributed by atoms with Crippen molar-refractivity contribution < 1.29 is 9.21 Å². The number of imidazole rings is 1. The Kier molecular flexibility index (Phi) is 3.13. The Morgan fingerprint density at radius 1 is 1.24 bits per heavy atom. The number of fused-ring (bicyclic) bond motifs is 3. The minimum atomic E-state index is -0.0706. The van der Waals surface area contributed by atoms with Gasteiger partial charge in [-0.25, -0.2) is 4.98 Å². The summed E-state index contributed by atoms with van der Waals surface area (Å²) in [6.45, 7) is 0. The van der Waals surface area contributed by atoms with Crippen LogP contribution in [-0.2, 0) is 24.1 Å². The van der Waals surface area contributed by atoms with Crippen molar-refractivity contribution in [1.29, 1.82) is 0 Å². The molecule has 124 valence electrons. The fraction of sp³-hybridized carbons (Fsp3) is 0.200. The summed E-state index contributed by atoms with van der Waals surface area (Å²) in [6, 6.07) is 10.0. The molecule has 5 nitrogen and oxygen atoms in total. The summed E-state index contributed by atoms with van der Waals surface area (Å²) in [4.78, 5) is 19.9. The zero-order valence-corrected chi connectivity index (χ0v) is 13.6. The number of aromatic amines is 1. The van der Waals surface area contributed by atoms with Gasteiger partial charge in [0.2, 0.25) is 5.91 Å². The maximum atomic E-state index is 12.5. The summed E-state index contributed by atoms with van der Waals surface area (Å²) >= 11 is 0. The molecule has 25 heavy (non-hydrogen) atoms. The first-order valence-electron chi connectivity index (χ1n) is 8.52. The van der Waals surface area contributed by atoms with Gasteiger partial charge in [-0.15, -0.1) is 0 Å². The second-order valence-electron chi connectivity index (χ2n) is 6.56. The maximum absolute atomic E-state index is 12.5. The van der Waals surface area contributed by atoms with E-state index in [1.807, 2.05) is 18.2 Å². The number of para-hydroxylation sites is 1. The van der Waals surface area contributed by atoms with Gasteiger partial charge in [-0.05, 0) is 54.7 Å². The molecule has 0 radical (unpaired) electrons. The lowest BCUT2D eigenvalue weighted by atomic mass is 10.0. The molecule has 0 atom stereocenters. The van der Waals surface area contributed by atoms with Crippen molar-refractivity contribution in [3.05, 3.63) is 59.6 Å². The van der Waals surface area contributed by atoms with Crippen molar-refractivity contribution in [2.45, 2.75) is 25.7 Å². The van der Waals surface area contributed by atoms with Gasteiger partial charge in [0.05, 0.1) is 30.2 Å². The van der Waals surface area contributed by atoms with Crippen molar-refractivity contribution in [3.63, 3.8) is 0 Å². The number of nitrogens with one attached hydrogen (secondary N) is 2. The largest absolute Gasteiger partial charge is 0.464 e. The monoisotopic (exact) mass is 331 g/mol. The second kappa shape index (κ2) is 5.48. The van der Waals surface area contributed by atoms with E-state index in [-0.39, 0.29) is 12.3 Å². The zero-order valence-electron chi connectivity index (χ0n) is 13.6. The molecule has 2 aromatic carbocycles. The van der Waals surface area contributed by atoms with Gasteiger partial charge in [0, 0.05) is 10.9 Å². The van der Waals surface area contributed by atoms with Gasteiger partial charge < -0.3 is 14.7 Å². The first-order valence-corrected chi connectivity index (χ1v) is 8.52. The lowest BCUT2D eigenvalue weighted by molar-refractivity contribution is -0.115. The highest BCUT2D eigenvalue weighted by Gasteiger charge is 2.17. The topological polar surface area (TPSA) is 70.9 Å². The average Bonchev–Trinajstić information content (AvgIpc) is 3.32. The number of anilines is 1. The van der Waals surface area contributed by atoms with Gasteiger partial charge in [-0.3, -0.25) is 4.79 Å². The van der Waals surface area contributed by atoms with Crippen LogP contribution in [0.3, 0.4) is 0 Å². The highest BCUT2D eigenvalue weighted by Crippen LogP contribution is 2.30. The first-order chi connectivity index (χ1) is 12.3. The number of hydrogen-bond donors (Lipinski definition) is 2. The number of aryl methyl sites for hydroxylation is 2. The van der Waals surface area contributed by atoms with Crippen LogP contribution in [0.25, 0.3) is 22.0 Å². The van der Waals surface area contributed by atoms with Gasteiger partial charge >= 0.3 is 0 Å². The van der Waals surface area contributed by atoms with Crippen LogP contribution in [0.4, 0.5) is 5.69 Å². The Labute approximate surface area is 144 Å². The Bertz CT molecular complexity index is 1110. The molecule has 0 aliphatic heterocycles. The first kappa shape index (κ1) is 14.3. The molecule has 0 unspecified atom stereocenters. The molecule has 1 amide bonds. The predicted molar refractivity (Wildman–Crippen MR) is 96.7 cm³/mol. The molecule has 4 aromatic rings. The van der Waals surface area contributed by atoms with Crippen LogP contribution < -0.4 is 5.32 Å². The Balaban J connectivity index is 1.42. The van der Waals surface area contributed by atoms with Gasteiger partial charge in [-0.1, -0.05) is 6.07 Å². The van der Waals surface area contributed by atoms with Crippen LogP contribution in [0, 0.1) is 0 Å². The number of benzene rings is 2. The summed E-state index contributed by atoms with van der Waals surface area (Å²) in [5, 5.41) is 4.01. The molecule has 2 heterocycles. The minimum absolute atomic E-state index is 0.0706. The van der Waals surface area contributed by atoms with Crippen LogP contribution in [0.5, 0.6) is 0 Å². The average molecular weight is 331 g/mol. The molecule has 5 rings (SSSR count). The second-order valence-corrected chi connectivity index (χ2v) is 6.56. The summed E-state index contributed by atoms with van der Waals surface area (Å²) in [7, 11) is 0. The number of carbonyl (C=O) groups excluding carboxylic acids is 1. The maximum Gasteiger partial charge on any atom is 0.228 e. The standard InChI is InChI=1S/C20H17N3O2/c24-19(23-17-6-2-5-16-20(17)22-11-21-16)9-14-10-25-18-8-13-4-1-3-12(13)7-15(14)18/h2,5-8,10-11H,1,3-4,9H2,(H,21,22)(H,23,24). The van der Waals surface area contributed by atoms with Crippen LogP contribution in [0.15, 0.2) is 47.3 Å². The lowest BCUT2D eigenvalue weighted by Crippen LogP contribution is -2.14. The summed E-state index contributed by atoms with van der Waals surface area (Å²) < 4.78 is 5.69.